The Morgan fingerprint density at radius 1 is 0.913 bits per heavy atom. The Morgan fingerprint density at radius 2 is 1.65 bits per heavy atom. The second-order valence-corrected chi connectivity index (χ2v) is 7.55. The van der Waals surface area contributed by atoms with E-state index in [1.54, 1.807) is 0 Å². The van der Waals surface area contributed by atoms with E-state index in [1.165, 1.54) is 39.1 Å². The van der Waals surface area contributed by atoms with Crippen molar-refractivity contribution in [1.29, 1.82) is 0 Å². The van der Waals surface area contributed by atoms with Crippen LogP contribution in [0.5, 0.6) is 0 Å². The van der Waals surface area contributed by atoms with Crippen LogP contribution in [-0.2, 0) is 6.42 Å². The Balaban J connectivity index is 2.06. The predicted molar refractivity (Wildman–Crippen MR) is 102 cm³/mol. The summed E-state index contributed by atoms with van der Waals surface area (Å²) < 4.78 is 0. The largest absolute Gasteiger partial charge is 0.0718 e. The highest BCUT2D eigenvalue weighted by Crippen LogP contribution is 2.21. The normalized spacial score (nSPS) is 15.2. The minimum atomic E-state index is 0.201. The van der Waals surface area contributed by atoms with Crippen LogP contribution in [0.25, 0.3) is 23.3 Å². The minimum Gasteiger partial charge on any atom is -0.0718 e. The van der Waals surface area contributed by atoms with Crippen molar-refractivity contribution in [3.8, 4) is 11.1 Å². The van der Waals surface area contributed by atoms with Crippen LogP contribution in [-0.4, -0.2) is 0 Å². The summed E-state index contributed by atoms with van der Waals surface area (Å²) in [7, 11) is 0. The van der Waals surface area contributed by atoms with E-state index in [9.17, 15) is 0 Å². The first-order valence-corrected chi connectivity index (χ1v) is 8.61. The lowest BCUT2D eigenvalue weighted by molar-refractivity contribution is 0.543. The van der Waals surface area contributed by atoms with Crippen molar-refractivity contribution < 1.29 is 0 Å². The first-order chi connectivity index (χ1) is 11.0. The average molecular weight is 302 g/mol. The van der Waals surface area contributed by atoms with E-state index in [0.717, 1.165) is 6.42 Å². The van der Waals surface area contributed by atoms with Gasteiger partial charge in [0.15, 0.2) is 0 Å². The van der Waals surface area contributed by atoms with Crippen LogP contribution >= 0.6 is 0 Å². The van der Waals surface area contributed by atoms with Crippen molar-refractivity contribution in [3.05, 3.63) is 70.1 Å². The van der Waals surface area contributed by atoms with Gasteiger partial charge in [-0.1, -0.05) is 82.7 Å². The van der Waals surface area contributed by atoms with Crippen molar-refractivity contribution in [2.24, 2.45) is 5.41 Å². The Kier molecular flexibility index (Phi) is 4.26. The van der Waals surface area contributed by atoms with Gasteiger partial charge in [-0.15, -0.1) is 0 Å². The Morgan fingerprint density at radius 3 is 2.30 bits per heavy atom. The van der Waals surface area contributed by atoms with Gasteiger partial charge >= 0.3 is 0 Å². The molecule has 0 unspecified atom stereocenters. The molecule has 0 fully saturated rings. The number of benzene rings is 2. The summed E-state index contributed by atoms with van der Waals surface area (Å²) in [6, 6.07) is 15.7. The maximum atomic E-state index is 2.35. The zero-order valence-corrected chi connectivity index (χ0v) is 14.7. The quantitative estimate of drug-likeness (QED) is 0.760. The van der Waals surface area contributed by atoms with Gasteiger partial charge in [0.2, 0.25) is 0 Å². The number of rotatable bonds is 3. The molecule has 0 saturated heterocycles. The fourth-order valence-corrected chi connectivity index (χ4v) is 3.23. The van der Waals surface area contributed by atoms with E-state index in [-0.39, 0.29) is 5.41 Å². The van der Waals surface area contributed by atoms with Gasteiger partial charge < -0.3 is 0 Å². The molecule has 0 atom stereocenters. The molecule has 0 bridgehead atoms. The lowest BCUT2D eigenvalue weighted by atomic mass is 9.93. The molecule has 0 radical (unpaired) electrons. The minimum absolute atomic E-state index is 0.201. The van der Waals surface area contributed by atoms with Gasteiger partial charge in [0.05, 0.1) is 0 Å². The van der Waals surface area contributed by atoms with Gasteiger partial charge in [-0.2, -0.15) is 0 Å². The molecule has 2 aromatic rings. The van der Waals surface area contributed by atoms with Crippen molar-refractivity contribution in [1.82, 2.24) is 0 Å². The fraction of sp³-hybridized carbons (Fsp3) is 0.304. The molecule has 23 heavy (non-hydrogen) atoms. The molecule has 3 rings (SSSR count). The molecule has 0 N–H and O–H groups in total. The molecular weight excluding hydrogens is 276 g/mol. The van der Waals surface area contributed by atoms with E-state index in [0.29, 0.717) is 0 Å². The van der Waals surface area contributed by atoms with Crippen LogP contribution < -0.4 is 10.4 Å². The van der Waals surface area contributed by atoms with Crippen molar-refractivity contribution in [3.63, 3.8) is 0 Å². The highest BCUT2D eigenvalue weighted by molar-refractivity contribution is 5.78. The lowest BCUT2D eigenvalue weighted by Crippen LogP contribution is -2.22. The van der Waals surface area contributed by atoms with Crippen LogP contribution in [0.3, 0.4) is 0 Å². The molecule has 0 heterocycles. The Hall–Kier alpha value is -2.08. The lowest BCUT2D eigenvalue weighted by Gasteiger charge is -2.12. The molecule has 0 amide bonds. The van der Waals surface area contributed by atoms with Gasteiger partial charge in [-0.05, 0) is 56.7 Å². The maximum Gasteiger partial charge on any atom is -0.00994 e. The van der Waals surface area contributed by atoms with Crippen molar-refractivity contribution in [2.75, 3.05) is 0 Å². The standard InChI is InChI=1S/C23H26/c1-5-7-17-10-12-19(13-11-17)21-9-6-8-20-14-18(15-22(20)21)16-23(2,3)4/h6,8-16H,5,7H2,1-4H3. The molecule has 0 aromatic heterocycles. The third-order valence-corrected chi connectivity index (χ3v) is 4.18. The topological polar surface area (TPSA) is 0 Å². The highest BCUT2D eigenvalue weighted by Gasteiger charge is 2.10. The Bertz CT molecular complexity index is 840. The van der Waals surface area contributed by atoms with E-state index in [4.69, 9.17) is 0 Å². The van der Waals surface area contributed by atoms with E-state index in [1.807, 2.05) is 0 Å². The number of hydrogen-bond acceptors (Lipinski definition) is 0. The summed E-state index contributed by atoms with van der Waals surface area (Å²) >= 11 is 0. The number of aryl methyl sites for hydroxylation is 1. The van der Waals surface area contributed by atoms with Gasteiger partial charge in [-0.25, -0.2) is 0 Å². The first-order valence-electron chi connectivity index (χ1n) is 8.61. The van der Waals surface area contributed by atoms with Gasteiger partial charge in [0.25, 0.3) is 0 Å². The fourth-order valence-electron chi connectivity index (χ4n) is 3.23. The molecule has 2 aromatic carbocycles. The smallest absolute Gasteiger partial charge is 0.00994 e. The molecule has 0 spiro atoms. The zero-order chi connectivity index (χ0) is 16.4. The molecular formula is C23H26. The summed E-state index contributed by atoms with van der Waals surface area (Å²) in [6.07, 6.45) is 9.34. The predicted octanol–water partition coefficient (Wildman–Crippen LogP) is 4.85. The van der Waals surface area contributed by atoms with Crippen LogP contribution in [0.2, 0.25) is 0 Å². The summed E-state index contributed by atoms with van der Waals surface area (Å²) in [5.41, 5.74) is 5.59. The van der Waals surface area contributed by atoms with Crippen LogP contribution in [0.1, 0.15) is 39.7 Å². The van der Waals surface area contributed by atoms with Crippen molar-refractivity contribution in [2.45, 2.75) is 40.5 Å². The second kappa shape index (κ2) is 6.20. The number of hydrogen-bond donors (Lipinski definition) is 0. The summed E-state index contributed by atoms with van der Waals surface area (Å²) in [4.78, 5) is 0. The van der Waals surface area contributed by atoms with Crippen LogP contribution in [0, 0.1) is 5.41 Å². The van der Waals surface area contributed by atoms with Gasteiger partial charge in [-0.3, -0.25) is 0 Å². The molecule has 1 aliphatic rings. The summed E-state index contributed by atoms with van der Waals surface area (Å²) in [5, 5.41) is 2.68. The third-order valence-electron chi connectivity index (χ3n) is 4.18. The molecule has 0 heteroatoms. The average Bonchev–Trinajstić information content (AvgIpc) is 2.88. The molecule has 0 nitrogen and oxygen atoms in total. The van der Waals surface area contributed by atoms with Crippen LogP contribution in [0.4, 0.5) is 0 Å². The molecule has 0 aliphatic heterocycles. The number of fused-ring (bicyclic) bond motifs is 1. The van der Waals surface area contributed by atoms with E-state index in [2.05, 4.69) is 88.4 Å². The zero-order valence-electron chi connectivity index (χ0n) is 14.7. The summed E-state index contributed by atoms with van der Waals surface area (Å²) in [6.45, 7) is 8.97. The SMILES string of the molecule is CCCc1ccc(-c2cccc3c2=CC(=CC(C)(C)C)C=3)cc1. The molecule has 0 saturated carbocycles. The third kappa shape index (κ3) is 3.64. The monoisotopic (exact) mass is 302 g/mol. The Labute approximate surface area is 139 Å². The van der Waals surface area contributed by atoms with Crippen molar-refractivity contribution >= 4 is 12.2 Å². The second-order valence-electron chi connectivity index (χ2n) is 7.55. The van der Waals surface area contributed by atoms with E-state index >= 15 is 0 Å². The first kappa shape index (κ1) is 15.8. The molecule has 1 aliphatic carbocycles. The highest BCUT2D eigenvalue weighted by atomic mass is 14.1. The van der Waals surface area contributed by atoms with Crippen LogP contribution in [0.15, 0.2) is 54.1 Å². The van der Waals surface area contributed by atoms with Gasteiger partial charge in [0, 0.05) is 0 Å². The number of allylic oxidation sites excluding steroid dienone is 2. The maximum absolute atomic E-state index is 2.35. The van der Waals surface area contributed by atoms with Gasteiger partial charge in [0.1, 0.15) is 0 Å². The van der Waals surface area contributed by atoms with E-state index < -0.39 is 0 Å². The summed E-state index contributed by atoms with van der Waals surface area (Å²) in [5.74, 6) is 0. The molecule has 118 valence electrons.